The van der Waals surface area contributed by atoms with Crippen LogP contribution in [0.2, 0.25) is 0 Å². The first-order valence-electron chi connectivity index (χ1n) is 7.87. The van der Waals surface area contributed by atoms with Gasteiger partial charge in [0.2, 0.25) is 11.3 Å². The minimum Gasteiger partial charge on any atom is -0.340 e. The molecule has 6 heteroatoms. The molecule has 1 saturated heterocycles. The second-order valence-electron chi connectivity index (χ2n) is 6.88. The second kappa shape index (κ2) is 5.77. The lowest BCUT2D eigenvalue weighted by atomic mass is 9.79. The zero-order valence-corrected chi connectivity index (χ0v) is 13.5. The van der Waals surface area contributed by atoms with Crippen LogP contribution in [0.5, 0.6) is 0 Å². The molecule has 1 unspecified atom stereocenters. The molecule has 1 aliphatic heterocycles. The lowest BCUT2D eigenvalue weighted by Crippen LogP contribution is -2.54. The van der Waals surface area contributed by atoms with Crippen LogP contribution in [0, 0.1) is 5.41 Å². The lowest BCUT2D eigenvalue weighted by molar-refractivity contribution is -0.135. The number of hydrogen-bond acceptors (Lipinski definition) is 4. The largest absolute Gasteiger partial charge is 0.340 e. The van der Waals surface area contributed by atoms with Crippen LogP contribution in [0.1, 0.15) is 20.3 Å². The summed E-state index contributed by atoms with van der Waals surface area (Å²) in [4.78, 5) is 26.3. The Bertz CT molecular complexity index is 797. The van der Waals surface area contributed by atoms with Gasteiger partial charge in [0.25, 0.3) is 0 Å². The number of para-hydroxylation sites is 1. The topological polar surface area (TPSA) is 81.2 Å². The van der Waals surface area contributed by atoms with Gasteiger partial charge in [-0.1, -0.05) is 26.0 Å². The molecule has 3 rings (SSSR count). The number of carbonyl (C=O) groups is 1. The van der Waals surface area contributed by atoms with Crippen molar-refractivity contribution in [3.05, 3.63) is 40.7 Å². The minimum absolute atomic E-state index is 0.00581. The lowest BCUT2D eigenvalue weighted by Gasteiger charge is -2.42. The highest BCUT2D eigenvalue weighted by molar-refractivity contribution is 5.81. The predicted octanol–water partition coefficient (Wildman–Crippen LogP) is 0.982. The van der Waals surface area contributed by atoms with Gasteiger partial charge in [0.1, 0.15) is 6.54 Å². The summed E-state index contributed by atoms with van der Waals surface area (Å²) < 4.78 is 1.60. The molecule has 1 aliphatic rings. The zero-order chi connectivity index (χ0) is 16.6. The van der Waals surface area contributed by atoms with Gasteiger partial charge in [-0.05, 0) is 24.0 Å². The van der Waals surface area contributed by atoms with Crippen molar-refractivity contribution in [2.24, 2.45) is 11.1 Å². The summed E-state index contributed by atoms with van der Waals surface area (Å²) in [7, 11) is 0. The van der Waals surface area contributed by atoms with Gasteiger partial charge in [0.05, 0.1) is 11.7 Å². The van der Waals surface area contributed by atoms with E-state index in [4.69, 9.17) is 5.73 Å². The second-order valence-corrected chi connectivity index (χ2v) is 6.88. The number of nitrogens with zero attached hydrogens (tertiary/aromatic N) is 3. The molecule has 0 saturated carbocycles. The SMILES string of the molecule is CC1(C)CN(C(=O)Cn2ncc(=O)c3ccccc32)CCC1N. The molecule has 0 radical (unpaired) electrons. The molecule has 6 nitrogen and oxygen atoms in total. The van der Waals surface area contributed by atoms with Crippen LogP contribution in [0.4, 0.5) is 0 Å². The van der Waals surface area contributed by atoms with Crippen molar-refractivity contribution < 1.29 is 4.79 Å². The third-order valence-electron chi connectivity index (χ3n) is 4.71. The molecule has 1 atom stereocenters. The molecular weight excluding hydrogens is 292 g/mol. The quantitative estimate of drug-likeness (QED) is 0.896. The number of hydrogen-bond donors (Lipinski definition) is 1. The summed E-state index contributed by atoms with van der Waals surface area (Å²) in [5, 5.41) is 4.70. The van der Waals surface area contributed by atoms with Crippen LogP contribution in [0.15, 0.2) is 35.3 Å². The van der Waals surface area contributed by atoms with E-state index in [2.05, 4.69) is 18.9 Å². The van der Waals surface area contributed by atoms with Crippen molar-refractivity contribution in [1.82, 2.24) is 14.7 Å². The van der Waals surface area contributed by atoms with Gasteiger partial charge in [-0.15, -0.1) is 0 Å². The fraction of sp³-hybridized carbons (Fsp3) is 0.471. The van der Waals surface area contributed by atoms with Gasteiger partial charge in [0.15, 0.2) is 0 Å². The smallest absolute Gasteiger partial charge is 0.244 e. The molecular formula is C17H22N4O2. The van der Waals surface area contributed by atoms with E-state index in [1.165, 1.54) is 6.20 Å². The van der Waals surface area contributed by atoms with E-state index in [-0.39, 0.29) is 29.3 Å². The molecule has 0 bridgehead atoms. The maximum atomic E-state index is 12.6. The molecule has 1 aromatic carbocycles. The number of rotatable bonds is 2. The van der Waals surface area contributed by atoms with Gasteiger partial charge < -0.3 is 10.6 Å². The molecule has 1 amide bonds. The molecule has 1 aromatic heterocycles. The maximum absolute atomic E-state index is 12.6. The van der Waals surface area contributed by atoms with Crippen molar-refractivity contribution in [2.75, 3.05) is 13.1 Å². The van der Waals surface area contributed by atoms with Crippen molar-refractivity contribution >= 4 is 16.8 Å². The summed E-state index contributed by atoms with van der Waals surface area (Å²) in [5.74, 6) is 0.00581. The Morgan fingerprint density at radius 2 is 2.13 bits per heavy atom. The van der Waals surface area contributed by atoms with Gasteiger partial charge in [0, 0.05) is 24.5 Å². The molecule has 23 heavy (non-hydrogen) atoms. The van der Waals surface area contributed by atoms with Crippen LogP contribution < -0.4 is 11.2 Å². The van der Waals surface area contributed by atoms with E-state index in [0.717, 1.165) is 6.42 Å². The van der Waals surface area contributed by atoms with Crippen molar-refractivity contribution in [3.8, 4) is 0 Å². The highest BCUT2D eigenvalue weighted by atomic mass is 16.2. The molecule has 2 aromatic rings. The Kier molecular flexibility index (Phi) is 3.93. The molecule has 2 heterocycles. The van der Waals surface area contributed by atoms with E-state index < -0.39 is 0 Å². The van der Waals surface area contributed by atoms with Gasteiger partial charge in [-0.3, -0.25) is 14.3 Å². The number of fused-ring (bicyclic) bond motifs is 1. The van der Waals surface area contributed by atoms with Crippen molar-refractivity contribution in [3.63, 3.8) is 0 Å². The Hall–Kier alpha value is -2.21. The van der Waals surface area contributed by atoms with E-state index in [1.807, 2.05) is 23.1 Å². The summed E-state index contributed by atoms with van der Waals surface area (Å²) in [6.45, 7) is 5.62. The fourth-order valence-corrected chi connectivity index (χ4v) is 3.10. The van der Waals surface area contributed by atoms with Crippen LogP contribution in [0.3, 0.4) is 0 Å². The Labute approximate surface area is 134 Å². The average Bonchev–Trinajstić information content (AvgIpc) is 2.53. The van der Waals surface area contributed by atoms with Crippen LogP contribution in [-0.4, -0.2) is 39.7 Å². The van der Waals surface area contributed by atoms with Crippen LogP contribution >= 0.6 is 0 Å². The predicted molar refractivity (Wildman–Crippen MR) is 89.0 cm³/mol. The Morgan fingerprint density at radius 3 is 2.87 bits per heavy atom. The minimum atomic E-state index is -0.130. The number of nitrogens with two attached hydrogens (primary N) is 1. The zero-order valence-electron chi connectivity index (χ0n) is 13.5. The summed E-state index contributed by atoms with van der Waals surface area (Å²) >= 11 is 0. The number of amides is 1. The molecule has 2 N–H and O–H groups in total. The van der Waals surface area contributed by atoms with Crippen molar-refractivity contribution in [1.29, 1.82) is 0 Å². The molecule has 0 spiro atoms. The van der Waals surface area contributed by atoms with E-state index in [1.54, 1.807) is 10.7 Å². The monoisotopic (exact) mass is 314 g/mol. The normalized spacial score (nSPS) is 20.7. The third kappa shape index (κ3) is 2.99. The Balaban J connectivity index is 1.84. The Morgan fingerprint density at radius 1 is 1.39 bits per heavy atom. The van der Waals surface area contributed by atoms with E-state index >= 15 is 0 Å². The van der Waals surface area contributed by atoms with Gasteiger partial charge in [-0.25, -0.2) is 0 Å². The average molecular weight is 314 g/mol. The number of benzene rings is 1. The number of carbonyl (C=O) groups excluding carboxylic acids is 1. The van der Waals surface area contributed by atoms with Gasteiger partial charge >= 0.3 is 0 Å². The maximum Gasteiger partial charge on any atom is 0.244 e. The molecule has 0 aliphatic carbocycles. The van der Waals surface area contributed by atoms with Crippen LogP contribution in [0.25, 0.3) is 10.9 Å². The number of likely N-dealkylation sites (tertiary alicyclic amines) is 1. The summed E-state index contributed by atoms with van der Waals surface area (Å²) in [6.07, 6.45) is 2.07. The number of piperidine rings is 1. The third-order valence-corrected chi connectivity index (χ3v) is 4.71. The van der Waals surface area contributed by atoms with Gasteiger partial charge in [-0.2, -0.15) is 5.10 Å². The van der Waals surface area contributed by atoms with E-state index in [0.29, 0.717) is 24.0 Å². The first-order chi connectivity index (χ1) is 10.9. The molecule has 1 fully saturated rings. The summed E-state index contributed by atoms with van der Waals surface area (Å²) in [5.41, 5.74) is 6.59. The standard InChI is InChI=1S/C17H22N4O2/c1-17(2)11-20(8-7-15(17)18)16(23)10-21-13-6-4-3-5-12(13)14(22)9-19-21/h3-6,9,15H,7-8,10-11,18H2,1-2H3. The van der Waals surface area contributed by atoms with Crippen LogP contribution in [-0.2, 0) is 11.3 Å². The highest BCUT2D eigenvalue weighted by Crippen LogP contribution is 2.27. The van der Waals surface area contributed by atoms with Crippen molar-refractivity contribution in [2.45, 2.75) is 32.9 Å². The molecule has 122 valence electrons. The fourth-order valence-electron chi connectivity index (χ4n) is 3.10. The summed E-state index contributed by atoms with van der Waals surface area (Å²) in [6, 6.07) is 7.33. The number of aromatic nitrogens is 2. The first kappa shape index (κ1) is 15.7. The van der Waals surface area contributed by atoms with E-state index in [9.17, 15) is 9.59 Å². The highest BCUT2D eigenvalue weighted by Gasteiger charge is 2.35. The first-order valence-corrected chi connectivity index (χ1v) is 7.87.